The minimum Gasteiger partial charge on any atom is -0.379 e. The van der Waals surface area contributed by atoms with Crippen LogP contribution in [0.2, 0.25) is 0 Å². The number of nitro groups is 1. The maximum absolute atomic E-state index is 12.8. The molecule has 2 aromatic rings. The topological polar surface area (TPSA) is 131 Å². The first-order chi connectivity index (χ1) is 14.3. The molecule has 2 N–H and O–H groups in total. The van der Waals surface area contributed by atoms with Crippen molar-refractivity contribution in [1.29, 1.82) is 0 Å². The Balaban J connectivity index is 1.97. The lowest BCUT2D eigenvalue weighted by atomic mass is 10.1. The van der Waals surface area contributed by atoms with Crippen LogP contribution < -0.4 is 10.6 Å². The molecule has 10 nitrogen and oxygen atoms in total. The molecule has 0 spiro atoms. The number of morpholine rings is 1. The predicted molar refractivity (Wildman–Crippen MR) is 110 cm³/mol. The maximum Gasteiger partial charge on any atom is 0.293 e. The van der Waals surface area contributed by atoms with E-state index in [2.05, 4.69) is 10.6 Å². The van der Waals surface area contributed by atoms with Gasteiger partial charge in [-0.1, -0.05) is 30.3 Å². The summed E-state index contributed by atoms with van der Waals surface area (Å²) in [6, 6.07) is 11.5. The molecule has 1 atom stereocenters. The normalized spacial score (nSPS) is 15.9. The second kappa shape index (κ2) is 9.20. The number of nitrogens with zero attached hydrogens (tertiary/aromatic N) is 2. The number of ether oxygens (including phenoxy) is 1. The van der Waals surface area contributed by atoms with Gasteiger partial charge in [0, 0.05) is 26.2 Å². The first-order valence-corrected chi connectivity index (χ1v) is 10.7. The van der Waals surface area contributed by atoms with Crippen LogP contribution in [0.25, 0.3) is 0 Å². The van der Waals surface area contributed by atoms with Crippen LogP contribution in [0.15, 0.2) is 53.4 Å². The van der Waals surface area contributed by atoms with E-state index >= 15 is 0 Å². The lowest BCUT2D eigenvalue weighted by Gasteiger charge is -2.26. The molecule has 0 radical (unpaired) electrons. The first-order valence-electron chi connectivity index (χ1n) is 9.24. The largest absolute Gasteiger partial charge is 0.379 e. The standard InChI is InChI=1S/C19H22N4O6S/c1-20-19(24)18(14-5-3-2-4-6-14)21-16-8-7-15(13-17(16)23(25)26)30(27,28)22-9-11-29-12-10-22/h2-8,13,18,21H,9-12H2,1H3,(H,20,24)/t18-/m1/s1. The molecule has 1 fully saturated rings. The van der Waals surface area contributed by atoms with E-state index in [4.69, 9.17) is 4.74 Å². The van der Waals surface area contributed by atoms with Crippen LogP contribution in [0.4, 0.5) is 11.4 Å². The summed E-state index contributed by atoms with van der Waals surface area (Å²) in [5.41, 5.74) is 0.212. The van der Waals surface area contributed by atoms with Gasteiger partial charge in [0.15, 0.2) is 0 Å². The van der Waals surface area contributed by atoms with E-state index < -0.39 is 26.7 Å². The van der Waals surface area contributed by atoms with Gasteiger partial charge in [-0.3, -0.25) is 14.9 Å². The van der Waals surface area contributed by atoms with Crippen LogP contribution in [0.3, 0.4) is 0 Å². The van der Waals surface area contributed by atoms with Gasteiger partial charge in [-0.05, 0) is 17.7 Å². The molecule has 30 heavy (non-hydrogen) atoms. The van der Waals surface area contributed by atoms with Gasteiger partial charge in [-0.25, -0.2) is 8.42 Å². The molecule has 0 aliphatic carbocycles. The van der Waals surface area contributed by atoms with Crippen molar-refractivity contribution in [3.63, 3.8) is 0 Å². The minimum absolute atomic E-state index is 0.0402. The number of amides is 1. The Bertz CT molecular complexity index is 1020. The number of sulfonamides is 1. The molecule has 1 heterocycles. The molecule has 160 valence electrons. The van der Waals surface area contributed by atoms with Gasteiger partial charge in [-0.2, -0.15) is 4.31 Å². The summed E-state index contributed by atoms with van der Waals surface area (Å²) < 4.78 is 32.1. The Hall–Kier alpha value is -3.02. The monoisotopic (exact) mass is 434 g/mol. The molecule has 11 heteroatoms. The molecule has 0 unspecified atom stereocenters. The maximum atomic E-state index is 12.8. The van der Waals surface area contributed by atoms with Crippen molar-refractivity contribution in [2.75, 3.05) is 38.7 Å². The number of benzene rings is 2. The van der Waals surface area contributed by atoms with Crippen LogP contribution in [0, 0.1) is 10.1 Å². The van der Waals surface area contributed by atoms with Crippen LogP contribution in [-0.4, -0.2) is 56.9 Å². The van der Waals surface area contributed by atoms with Gasteiger partial charge in [0.2, 0.25) is 15.9 Å². The lowest BCUT2D eigenvalue weighted by Crippen LogP contribution is -2.40. The molecule has 3 rings (SSSR count). The highest BCUT2D eigenvalue weighted by Gasteiger charge is 2.30. The molecule has 1 aliphatic heterocycles. The lowest BCUT2D eigenvalue weighted by molar-refractivity contribution is -0.384. The molecule has 1 saturated heterocycles. The Kier molecular flexibility index (Phi) is 6.65. The minimum atomic E-state index is -3.89. The zero-order valence-corrected chi connectivity index (χ0v) is 17.1. The highest BCUT2D eigenvalue weighted by atomic mass is 32.2. The van der Waals surface area contributed by atoms with E-state index in [1.54, 1.807) is 30.3 Å². The van der Waals surface area contributed by atoms with Crippen LogP contribution >= 0.6 is 0 Å². The van der Waals surface area contributed by atoms with Crippen molar-refractivity contribution in [3.05, 3.63) is 64.2 Å². The summed E-state index contributed by atoms with van der Waals surface area (Å²) in [4.78, 5) is 23.2. The first kappa shape index (κ1) is 21.7. The van der Waals surface area contributed by atoms with Crippen molar-refractivity contribution in [1.82, 2.24) is 9.62 Å². The molecular formula is C19H22N4O6S. The fourth-order valence-corrected chi connectivity index (χ4v) is 4.56. The zero-order valence-electron chi connectivity index (χ0n) is 16.3. The van der Waals surface area contributed by atoms with Gasteiger partial charge in [0.05, 0.1) is 23.0 Å². The number of nitrogens with one attached hydrogen (secondary N) is 2. The van der Waals surface area contributed by atoms with Crippen molar-refractivity contribution in [2.45, 2.75) is 10.9 Å². The van der Waals surface area contributed by atoms with E-state index in [0.29, 0.717) is 5.56 Å². The quantitative estimate of drug-likeness (QED) is 0.499. The fourth-order valence-electron chi connectivity index (χ4n) is 3.13. The van der Waals surface area contributed by atoms with E-state index in [-0.39, 0.29) is 42.8 Å². The summed E-state index contributed by atoms with van der Waals surface area (Å²) >= 11 is 0. The Labute approximate surface area is 174 Å². The fraction of sp³-hybridized carbons (Fsp3) is 0.316. The third-order valence-electron chi connectivity index (χ3n) is 4.72. The zero-order chi connectivity index (χ0) is 21.7. The Morgan fingerprint density at radius 1 is 1.17 bits per heavy atom. The van der Waals surface area contributed by atoms with Crippen molar-refractivity contribution in [3.8, 4) is 0 Å². The number of carbonyl (C=O) groups excluding carboxylic acids is 1. The third kappa shape index (κ3) is 4.58. The SMILES string of the molecule is CNC(=O)[C@H](Nc1ccc(S(=O)(=O)N2CCOCC2)cc1[N+](=O)[O-])c1ccccc1. The average Bonchev–Trinajstić information content (AvgIpc) is 2.78. The number of carbonyl (C=O) groups is 1. The summed E-state index contributed by atoms with van der Waals surface area (Å²) in [5.74, 6) is -0.388. The molecule has 0 saturated carbocycles. The van der Waals surface area contributed by atoms with Crippen molar-refractivity contribution >= 4 is 27.3 Å². The van der Waals surface area contributed by atoms with Gasteiger partial charge in [-0.15, -0.1) is 0 Å². The summed E-state index contributed by atoms with van der Waals surface area (Å²) in [6.07, 6.45) is 0. The van der Waals surface area contributed by atoms with Crippen molar-refractivity contribution < 1.29 is 22.9 Å². The highest BCUT2D eigenvalue weighted by Crippen LogP contribution is 2.32. The van der Waals surface area contributed by atoms with E-state index in [9.17, 15) is 23.3 Å². The van der Waals surface area contributed by atoms with Crippen LogP contribution in [-0.2, 0) is 19.6 Å². The number of hydrogen-bond acceptors (Lipinski definition) is 7. The van der Waals surface area contributed by atoms with Gasteiger partial charge >= 0.3 is 0 Å². The summed E-state index contributed by atoms with van der Waals surface area (Å²) in [6.45, 7) is 0.906. The smallest absolute Gasteiger partial charge is 0.293 e. The van der Waals surface area contributed by atoms with Crippen LogP contribution in [0.1, 0.15) is 11.6 Å². The number of likely N-dealkylation sites (N-methyl/N-ethyl adjacent to an activating group) is 1. The summed E-state index contributed by atoms with van der Waals surface area (Å²) in [5, 5.41) is 17.1. The molecule has 1 aliphatic rings. The van der Waals surface area contributed by atoms with E-state index in [1.165, 1.54) is 23.5 Å². The van der Waals surface area contributed by atoms with E-state index in [0.717, 1.165) is 6.07 Å². The second-order valence-electron chi connectivity index (χ2n) is 6.55. The Morgan fingerprint density at radius 2 is 1.83 bits per heavy atom. The molecule has 1 amide bonds. The number of nitro benzene ring substituents is 1. The van der Waals surface area contributed by atoms with E-state index in [1.807, 2.05) is 0 Å². The predicted octanol–water partition coefficient (Wildman–Crippen LogP) is 1.51. The number of anilines is 1. The number of rotatable bonds is 7. The average molecular weight is 434 g/mol. The van der Waals surface area contributed by atoms with Gasteiger partial charge < -0.3 is 15.4 Å². The Morgan fingerprint density at radius 3 is 2.43 bits per heavy atom. The number of hydrogen-bond donors (Lipinski definition) is 2. The van der Waals surface area contributed by atoms with Gasteiger partial charge in [0.25, 0.3) is 5.69 Å². The third-order valence-corrected chi connectivity index (χ3v) is 6.61. The molecule has 0 bridgehead atoms. The summed E-state index contributed by atoms with van der Waals surface area (Å²) in [7, 11) is -2.43. The molecule has 0 aromatic heterocycles. The molecular weight excluding hydrogens is 412 g/mol. The second-order valence-corrected chi connectivity index (χ2v) is 8.49. The highest BCUT2D eigenvalue weighted by molar-refractivity contribution is 7.89. The van der Waals surface area contributed by atoms with Crippen LogP contribution in [0.5, 0.6) is 0 Å². The van der Waals surface area contributed by atoms with Gasteiger partial charge in [0.1, 0.15) is 11.7 Å². The van der Waals surface area contributed by atoms with Crippen molar-refractivity contribution in [2.24, 2.45) is 0 Å². The molecule has 2 aromatic carbocycles.